The third-order valence-corrected chi connectivity index (χ3v) is 6.10. The monoisotopic (exact) mass is 548 g/mol. The summed E-state index contributed by atoms with van der Waals surface area (Å²) in [6, 6.07) is 8.62. The molecule has 6 nitrogen and oxygen atoms in total. The topological polar surface area (TPSA) is 55.8 Å². The zero-order valence-electron chi connectivity index (χ0n) is 17.1. The quantitative estimate of drug-likeness (QED) is 0.313. The van der Waals surface area contributed by atoms with E-state index in [2.05, 4.69) is 63.9 Å². The highest BCUT2D eigenvalue weighted by Gasteiger charge is 2.25. The molecule has 0 spiro atoms. The van der Waals surface area contributed by atoms with Crippen molar-refractivity contribution in [3.63, 3.8) is 0 Å². The Labute approximate surface area is 199 Å². The molecule has 2 aromatic heterocycles. The molecular formula is C20H30ClIN6S. The Bertz CT molecular complexity index is 770. The fourth-order valence-corrected chi connectivity index (χ4v) is 4.52. The van der Waals surface area contributed by atoms with E-state index in [4.69, 9.17) is 16.6 Å². The lowest BCUT2D eigenvalue weighted by molar-refractivity contribution is 0.310. The van der Waals surface area contributed by atoms with Gasteiger partial charge in [0.2, 0.25) is 0 Å². The predicted octanol–water partition coefficient (Wildman–Crippen LogP) is 3.85. The first kappa shape index (κ1) is 24.2. The van der Waals surface area contributed by atoms with Crippen LogP contribution in [0.1, 0.15) is 24.3 Å². The maximum absolute atomic E-state index is 6.31. The molecule has 3 rings (SSSR count). The van der Waals surface area contributed by atoms with Crippen LogP contribution < -0.4 is 15.5 Å². The molecule has 2 aromatic rings. The number of thiophene rings is 1. The number of hydrogen-bond acceptors (Lipinski definition) is 5. The average molecular weight is 549 g/mol. The van der Waals surface area contributed by atoms with E-state index in [0.717, 1.165) is 37.8 Å². The third kappa shape index (κ3) is 6.70. The van der Waals surface area contributed by atoms with Gasteiger partial charge >= 0.3 is 0 Å². The van der Waals surface area contributed by atoms with E-state index in [1.807, 2.05) is 12.1 Å². The van der Waals surface area contributed by atoms with Gasteiger partial charge in [0.05, 0.1) is 17.6 Å². The average Bonchev–Trinajstić information content (AvgIpc) is 3.34. The van der Waals surface area contributed by atoms with Crippen molar-refractivity contribution in [1.29, 1.82) is 0 Å². The number of rotatable bonds is 7. The molecule has 1 aliphatic rings. The number of pyridine rings is 1. The lowest BCUT2D eigenvalue weighted by Crippen LogP contribution is -2.45. The Morgan fingerprint density at radius 1 is 1.41 bits per heavy atom. The Morgan fingerprint density at radius 3 is 2.90 bits per heavy atom. The molecule has 1 saturated heterocycles. The van der Waals surface area contributed by atoms with Crippen LogP contribution in [-0.4, -0.2) is 62.2 Å². The van der Waals surface area contributed by atoms with Crippen molar-refractivity contribution in [1.82, 2.24) is 20.5 Å². The molecule has 2 atom stereocenters. The van der Waals surface area contributed by atoms with Gasteiger partial charge in [-0.15, -0.1) is 35.3 Å². The highest BCUT2D eigenvalue weighted by atomic mass is 127. The number of anilines is 1. The van der Waals surface area contributed by atoms with E-state index in [0.29, 0.717) is 17.6 Å². The number of guanidine groups is 1. The van der Waals surface area contributed by atoms with E-state index in [-0.39, 0.29) is 30.0 Å². The minimum atomic E-state index is 0. The van der Waals surface area contributed by atoms with E-state index in [1.54, 1.807) is 17.5 Å². The van der Waals surface area contributed by atoms with Crippen LogP contribution in [0.25, 0.3) is 0 Å². The van der Waals surface area contributed by atoms with Gasteiger partial charge in [0, 0.05) is 36.8 Å². The number of nitrogens with zero attached hydrogens (tertiary/aromatic N) is 4. The predicted molar refractivity (Wildman–Crippen MR) is 135 cm³/mol. The smallest absolute Gasteiger partial charge is 0.191 e. The first-order valence-electron chi connectivity index (χ1n) is 9.68. The SMILES string of the molecule is CCNC(=NCC(c1cccs1)N(C)C)NC1CCN(c2ncccc2Cl)C1.I. The summed E-state index contributed by atoms with van der Waals surface area (Å²) in [4.78, 5) is 15.1. The van der Waals surface area contributed by atoms with Gasteiger partial charge in [0.1, 0.15) is 5.82 Å². The minimum Gasteiger partial charge on any atom is -0.357 e. The van der Waals surface area contributed by atoms with Crippen molar-refractivity contribution in [3.05, 3.63) is 45.7 Å². The third-order valence-electron chi connectivity index (χ3n) is 4.83. The maximum Gasteiger partial charge on any atom is 0.191 e. The molecule has 0 saturated carbocycles. The van der Waals surface area contributed by atoms with Crippen LogP contribution in [0.2, 0.25) is 5.02 Å². The van der Waals surface area contributed by atoms with E-state index in [1.165, 1.54) is 4.88 Å². The first-order valence-corrected chi connectivity index (χ1v) is 10.9. The Kier molecular flexibility index (Phi) is 9.94. The second-order valence-electron chi connectivity index (χ2n) is 7.10. The molecule has 0 bridgehead atoms. The van der Waals surface area contributed by atoms with Crippen LogP contribution in [0.5, 0.6) is 0 Å². The molecular weight excluding hydrogens is 519 g/mol. The summed E-state index contributed by atoms with van der Waals surface area (Å²) in [5.41, 5.74) is 0. The molecule has 3 heterocycles. The lowest BCUT2D eigenvalue weighted by atomic mass is 10.2. The molecule has 160 valence electrons. The number of hydrogen-bond donors (Lipinski definition) is 2. The summed E-state index contributed by atoms with van der Waals surface area (Å²) >= 11 is 8.08. The Morgan fingerprint density at radius 2 is 2.24 bits per heavy atom. The van der Waals surface area contributed by atoms with Crippen LogP contribution in [0.4, 0.5) is 5.82 Å². The molecule has 2 N–H and O–H groups in total. The van der Waals surface area contributed by atoms with Crippen molar-refractivity contribution in [2.24, 2.45) is 4.99 Å². The zero-order chi connectivity index (χ0) is 19.9. The van der Waals surface area contributed by atoms with Gasteiger partial charge in [-0.2, -0.15) is 0 Å². The van der Waals surface area contributed by atoms with Gasteiger partial charge in [-0.25, -0.2) is 4.98 Å². The van der Waals surface area contributed by atoms with Crippen LogP contribution in [0, 0.1) is 0 Å². The second kappa shape index (κ2) is 11.9. The molecule has 1 aliphatic heterocycles. The molecule has 0 radical (unpaired) electrons. The molecule has 0 aromatic carbocycles. The van der Waals surface area contributed by atoms with Gasteiger partial charge in [-0.05, 0) is 51.0 Å². The van der Waals surface area contributed by atoms with Crippen molar-refractivity contribution in [2.45, 2.75) is 25.4 Å². The number of aromatic nitrogens is 1. The minimum absolute atomic E-state index is 0. The highest BCUT2D eigenvalue weighted by molar-refractivity contribution is 14.0. The molecule has 0 aliphatic carbocycles. The summed E-state index contributed by atoms with van der Waals surface area (Å²) in [6.45, 7) is 5.44. The normalized spacial score (nSPS) is 17.9. The molecule has 9 heteroatoms. The van der Waals surface area contributed by atoms with Crippen LogP contribution in [0.3, 0.4) is 0 Å². The highest BCUT2D eigenvalue weighted by Crippen LogP contribution is 2.26. The summed E-state index contributed by atoms with van der Waals surface area (Å²) in [7, 11) is 4.21. The van der Waals surface area contributed by atoms with Crippen molar-refractivity contribution >= 4 is 58.7 Å². The van der Waals surface area contributed by atoms with Crippen molar-refractivity contribution in [2.75, 3.05) is 45.2 Å². The van der Waals surface area contributed by atoms with Crippen molar-refractivity contribution < 1.29 is 0 Å². The molecule has 29 heavy (non-hydrogen) atoms. The number of nitrogens with one attached hydrogen (secondary N) is 2. The first-order chi connectivity index (χ1) is 13.6. The number of aliphatic imine (C=N–C) groups is 1. The molecule has 0 amide bonds. The van der Waals surface area contributed by atoms with Crippen LogP contribution in [-0.2, 0) is 0 Å². The summed E-state index contributed by atoms with van der Waals surface area (Å²) in [6.07, 6.45) is 2.82. The van der Waals surface area contributed by atoms with Crippen molar-refractivity contribution in [3.8, 4) is 0 Å². The number of likely N-dealkylation sites (N-methyl/N-ethyl adjacent to an activating group) is 1. The van der Waals surface area contributed by atoms with E-state index >= 15 is 0 Å². The largest absolute Gasteiger partial charge is 0.357 e. The molecule has 1 fully saturated rings. The molecule has 2 unspecified atom stereocenters. The van der Waals surface area contributed by atoms with E-state index < -0.39 is 0 Å². The second-order valence-corrected chi connectivity index (χ2v) is 8.49. The standard InChI is InChI=1S/C20H29ClN6S.HI/c1-4-22-20(24-13-17(26(2)3)18-8-6-12-28-18)25-15-9-11-27(14-15)19-16(21)7-5-10-23-19;/h5-8,10,12,15,17H,4,9,11,13-14H2,1-3H3,(H2,22,24,25);1H. The summed E-state index contributed by atoms with van der Waals surface area (Å²) < 4.78 is 0. The fraction of sp³-hybridized carbons (Fsp3) is 0.500. The lowest BCUT2D eigenvalue weighted by Gasteiger charge is -2.23. The Hall–Kier alpha value is -1.10. The zero-order valence-corrected chi connectivity index (χ0v) is 21.0. The van der Waals surface area contributed by atoms with Gasteiger partial charge in [-0.3, -0.25) is 4.99 Å². The number of halogens is 2. The van der Waals surface area contributed by atoms with Gasteiger partial charge < -0.3 is 20.4 Å². The summed E-state index contributed by atoms with van der Waals surface area (Å²) in [5.74, 6) is 1.73. The Balaban J connectivity index is 0.00000300. The maximum atomic E-state index is 6.31. The van der Waals surface area contributed by atoms with Gasteiger partial charge in [-0.1, -0.05) is 17.7 Å². The van der Waals surface area contributed by atoms with Crippen LogP contribution >= 0.6 is 46.9 Å². The summed E-state index contributed by atoms with van der Waals surface area (Å²) in [5, 5.41) is 9.79. The van der Waals surface area contributed by atoms with E-state index in [9.17, 15) is 0 Å². The van der Waals surface area contributed by atoms with Gasteiger partial charge in [0.15, 0.2) is 5.96 Å². The van der Waals surface area contributed by atoms with Gasteiger partial charge in [0.25, 0.3) is 0 Å². The van der Waals surface area contributed by atoms with Crippen LogP contribution in [0.15, 0.2) is 40.8 Å². The fourth-order valence-electron chi connectivity index (χ4n) is 3.36.